The number of amides is 2. The molecule has 1 heterocycles. The lowest BCUT2D eigenvalue weighted by atomic mass is 10.1. The molecule has 1 saturated heterocycles. The van der Waals surface area contributed by atoms with Crippen molar-refractivity contribution < 1.29 is 14.7 Å². The Morgan fingerprint density at radius 2 is 2.08 bits per heavy atom. The van der Waals surface area contributed by atoms with E-state index in [4.69, 9.17) is 5.11 Å². The maximum atomic E-state index is 11.2. The van der Waals surface area contributed by atoms with Crippen LogP contribution in [-0.2, 0) is 9.59 Å². The van der Waals surface area contributed by atoms with Crippen molar-refractivity contribution in [3.63, 3.8) is 0 Å². The van der Waals surface area contributed by atoms with Crippen LogP contribution in [0.1, 0.15) is 6.92 Å². The van der Waals surface area contributed by atoms with Gasteiger partial charge in [0.05, 0.1) is 6.10 Å². The zero-order valence-corrected chi connectivity index (χ0v) is 8.04. The van der Waals surface area contributed by atoms with Gasteiger partial charge in [0.25, 0.3) is 0 Å². The van der Waals surface area contributed by atoms with Crippen molar-refractivity contribution in [2.24, 2.45) is 0 Å². The van der Waals surface area contributed by atoms with Gasteiger partial charge < -0.3 is 15.7 Å². The van der Waals surface area contributed by atoms with Gasteiger partial charge in [0.2, 0.25) is 11.8 Å². The molecule has 0 aliphatic carbocycles. The maximum Gasteiger partial charge on any atom is 0.245 e. The molecule has 3 atom stereocenters. The molecule has 0 bridgehead atoms. The lowest BCUT2D eigenvalue weighted by molar-refractivity contribution is -0.138. The fourth-order valence-corrected chi connectivity index (χ4v) is 1.37. The van der Waals surface area contributed by atoms with Crippen molar-refractivity contribution >= 4 is 24.4 Å². The van der Waals surface area contributed by atoms with Gasteiger partial charge in [-0.15, -0.1) is 0 Å². The molecule has 1 rings (SSSR count). The molecule has 74 valence electrons. The Labute approximate surface area is 81.3 Å². The predicted octanol–water partition coefficient (Wildman–Crippen LogP) is -1.72. The van der Waals surface area contributed by atoms with Crippen molar-refractivity contribution in [1.82, 2.24) is 10.6 Å². The summed E-state index contributed by atoms with van der Waals surface area (Å²) < 4.78 is 0. The molecule has 0 aromatic heterocycles. The smallest absolute Gasteiger partial charge is 0.245 e. The summed E-state index contributed by atoms with van der Waals surface area (Å²) in [5, 5.41) is 14.0. The minimum absolute atomic E-state index is 0.254. The second-order valence-corrected chi connectivity index (χ2v) is 3.34. The molecule has 1 aliphatic heterocycles. The average Bonchev–Trinajstić information content (AvgIpc) is 2.07. The lowest BCUT2D eigenvalue weighted by Gasteiger charge is -2.30. The Morgan fingerprint density at radius 3 is 2.54 bits per heavy atom. The van der Waals surface area contributed by atoms with Gasteiger partial charge in [-0.05, 0) is 6.92 Å². The Kier molecular flexibility index (Phi) is 3.16. The molecule has 6 heteroatoms. The summed E-state index contributed by atoms with van der Waals surface area (Å²) in [6, 6.07) is -1.44. The first kappa shape index (κ1) is 10.3. The van der Waals surface area contributed by atoms with E-state index in [0.29, 0.717) is 0 Å². The van der Waals surface area contributed by atoms with E-state index in [-0.39, 0.29) is 17.6 Å². The molecule has 5 nitrogen and oxygen atoms in total. The molecule has 0 saturated carbocycles. The first-order valence-electron chi connectivity index (χ1n) is 3.96. The molecule has 1 fully saturated rings. The van der Waals surface area contributed by atoms with E-state index in [9.17, 15) is 9.59 Å². The van der Waals surface area contributed by atoms with Crippen molar-refractivity contribution in [2.45, 2.75) is 25.1 Å². The Bertz CT molecular complexity index is 232. The van der Waals surface area contributed by atoms with Crippen molar-refractivity contribution in [3.8, 4) is 0 Å². The fourth-order valence-electron chi connectivity index (χ4n) is 1.11. The first-order chi connectivity index (χ1) is 6.06. The number of rotatable bonds is 2. The topological polar surface area (TPSA) is 78.4 Å². The number of carbonyl (C=O) groups excluding carboxylic acids is 2. The van der Waals surface area contributed by atoms with Gasteiger partial charge in [-0.1, -0.05) is 0 Å². The van der Waals surface area contributed by atoms with Gasteiger partial charge in [0.15, 0.2) is 0 Å². The third-order valence-corrected chi connectivity index (χ3v) is 2.24. The van der Waals surface area contributed by atoms with Crippen LogP contribution in [0.15, 0.2) is 0 Å². The van der Waals surface area contributed by atoms with Gasteiger partial charge >= 0.3 is 0 Å². The Hall–Kier alpha value is -0.750. The minimum Gasteiger partial charge on any atom is -0.391 e. The molecule has 0 radical (unpaired) electrons. The largest absolute Gasteiger partial charge is 0.391 e. The Morgan fingerprint density at radius 1 is 1.46 bits per heavy atom. The number of aliphatic hydroxyl groups excluding tert-OH is 1. The highest BCUT2D eigenvalue weighted by Crippen LogP contribution is 2.02. The van der Waals surface area contributed by atoms with Crippen LogP contribution in [0, 0.1) is 0 Å². The summed E-state index contributed by atoms with van der Waals surface area (Å²) in [5.41, 5.74) is 0. The van der Waals surface area contributed by atoms with E-state index in [1.807, 2.05) is 0 Å². The van der Waals surface area contributed by atoms with E-state index in [1.54, 1.807) is 0 Å². The van der Waals surface area contributed by atoms with Gasteiger partial charge in [0.1, 0.15) is 12.1 Å². The molecule has 0 aromatic carbocycles. The second kappa shape index (κ2) is 3.97. The molecular formula is C7H12N2O3S. The maximum absolute atomic E-state index is 11.2. The van der Waals surface area contributed by atoms with E-state index in [0.717, 1.165) is 0 Å². The van der Waals surface area contributed by atoms with Crippen LogP contribution in [0.2, 0.25) is 0 Å². The number of hydrogen-bond donors (Lipinski definition) is 4. The highest BCUT2D eigenvalue weighted by atomic mass is 32.1. The summed E-state index contributed by atoms with van der Waals surface area (Å²) in [7, 11) is 0. The van der Waals surface area contributed by atoms with Crippen LogP contribution in [0.25, 0.3) is 0 Å². The minimum atomic E-state index is -0.884. The molecule has 3 N–H and O–H groups in total. The summed E-state index contributed by atoms with van der Waals surface area (Å²) in [6.07, 6.45) is -0.884. The fraction of sp³-hybridized carbons (Fsp3) is 0.714. The first-order valence-corrected chi connectivity index (χ1v) is 4.59. The standard InChI is InChI=1S/C7H12N2O3S/c1-3(10)5-7(12)8-4(2-13)6(11)9-5/h3-5,10,13H,2H2,1H3,(H,8,12)(H,9,11). The highest BCUT2D eigenvalue weighted by Gasteiger charge is 2.35. The van der Waals surface area contributed by atoms with Crippen LogP contribution in [0.4, 0.5) is 0 Å². The van der Waals surface area contributed by atoms with Gasteiger partial charge in [-0.3, -0.25) is 9.59 Å². The Balaban J connectivity index is 2.67. The summed E-state index contributed by atoms with van der Waals surface area (Å²) in [6.45, 7) is 1.45. The van der Waals surface area contributed by atoms with Gasteiger partial charge in [-0.2, -0.15) is 12.6 Å². The normalized spacial score (nSPS) is 30.7. The third kappa shape index (κ3) is 2.13. The number of piperazine rings is 1. The van der Waals surface area contributed by atoms with Crippen LogP contribution in [0.3, 0.4) is 0 Å². The number of carbonyl (C=O) groups is 2. The number of thiol groups is 1. The number of nitrogens with one attached hydrogen (secondary N) is 2. The van der Waals surface area contributed by atoms with Crippen LogP contribution >= 0.6 is 12.6 Å². The monoisotopic (exact) mass is 204 g/mol. The molecule has 3 unspecified atom stereocenters. The SMILES string of the molecule is CC(O)C1NC(=O)C(CS)NC1=O. The van der Waals surface area contributed by atoms with Crippen LogP contribution < -0.4 is 10.6 Å². The molecular weight excluding hydrogens is 192 g/mol. The summed E-state index contributed by atoms with van der Waals surface area (Å²) in [5.74, 6) is -0.418. The second-order valence-electron chi connectivity index (χ2n) is 2.97. The van der Waals surface area contributed by atoms with E-state index in [2.05, 4.69) is 23.3 Å². The van der Waals surface area contributed by atoms with E-state index >= 15 is 0 Å². The lowest BCUT2D eigenvalue weighted by Crippen LogP contribution is -2.65. The predicted molar refractivity (Wildman–Crippen MR) is 49.4 cm³/mol. The highest BCUT2D eigenvalue weighted by molar-refractivity contribution is 7.80. The summed E-state index contributed by atoms with van der Waals surface area (Å²) >= 11 is 3.91. The van der Waals surface area contributed by atoms with Crippen molar-refractivity contribution in [3.05, 3.63) is 0 Å². The van der Waals surface area contributed by atoms with E-state index in [1.165, 1.54) is 6.92 Å². The molecule has 1 aliphatic rings. The molecule has 13 heavy (non-hydrogen) atoms. The number of aliphatic hydroxyl groups is 1. The van der Waals surface area contributed by atoms with Crippen molar-refractivity contribution in [1.29, 1.82) is 0 Å². The third-order valence-electron chi connectivity index (χ3n) is 1.88. The zero-order chi connectivity index (χ0) is 10.0. The zero-order valence-electron chi connectivity index (χ0n) is 7.15. The van der Waals surface area contributed by atoms with Crippen molar-refractivity contribution in [2.75, 3.05) is 5.75 Å². The van der Waals surface area contributed by atoms with E-state index < -0.39 is 18.2 Å². The van der Waals surface area contributed by atoms with Gasteiger partial charge in [-0.25, -0.2) is 0 Å². The average molecular weight is 204 g/mol. The molecule has 0 aromatic rings. The molecule has 0 spiro atoms. The quantitative estimate of drug-likeness (QED) is 0.404. The number of hydrogen-bond acceptors (Lipinski definition) is 4. The molecule has 2 amide bonds. The van der Waals surface area contributed by atoms with Crippen LogP contribution in [-0.4, -0.2) is 40.9 Å². The van der Waals surface area contributed by atoms with Gasteiger partial charge in [0, 0.05) is 5.75 Å². The summed E-state index contributed by atoms with van der Waals surface area (Å²) in [4.78, 5) is 22.4. The van der Waals surface area contributed by atoms with Crippen LogP contribution in [0.5, 0.6) is 0 Å².